The molecule has 33 heavy (non-hydrogen) atoms. The number of anilines is 2. The molecule has 0 bridgehead atoms. The summed E-state index contributed by atoms with van der Waals surface area (Å²) in [4.78, 5) is 30.5. The summed E-state index contributed by atoms with van der Waals surface area (Å²) >= 11 is 1.61. The van der Waals surface area contributed by atoms with Crippen LogP contribution in [0, 0.1) is 11.6 Å². The van der Waals surface area contributed by atoms with E-state index in [-0.39, 0.29) is 12.2 Å². The number of likely N-dealkylation sites (tertiary alicyclic amines) is 1. The molecule has 1 aliphatic rings. The van der Waals surface area contributed by atoms with Crippen LogP contribution in [0.2, 0.25) is 0 Å². The van der Waals surface area contributed by atoms with Crippen LogP contribution < -0.4 is 10.6 Å². The van der Waals surface area contributed by atoms with Crippen LogP contribution in [-0.2, 0) is 4.79 Å². The molecule has 10 heteroatoms. The molecule has 172 valence electrons. The molecule has 2 aromatic carbocycles. The molecule has 3 N–H and O–H groups in total. The molecule has 0 spiro atoms. The van der Waals surface area contributed by atoms with Crippen molar-refractivity contribution >= 4 is 34.7 Å². The third-order valence-corrected chi connectivity index (χ3v) is 6.63. The van der Waals surface area contributed by atoms with Crippen LogP contribution in [0.15, 0.2) is 48.7 Å². The maximum atomic E-state index is 13.7. The predicted molar refractivity (Wildman–Crippen MR) is 123 cm³/mol. The first kappa shape index (κ1) is 22.8. The van der Waals surface area contributed by atoms with Gasteiger partial charge in [0.15, 0.2) is 0 Å². The number of urea groups is 1. The summed E-state index contributed by atoms with van der Waals surface area (Å²) in [6, 6.07) is 9.48. The van der Waals surface area contributed by atoms with Crippen molar-refractivity contribution in [2.24, 2.45) is 0 Å². The van der Waals surface area contributed by atoms with E-state index in [0.717, 1.165) is 53.5 Å². The fraction of sp³-hybridized carbons (Fsp3) is 0.261. The molecule has 1 aromatic heterocycles. The van der Waals surface area contributed by atoms with Gasteiger partial charge >= 0.3 is 12.0 Å². The molecule has 7 nitrogen and oxygen atoms in total. The molecule has 3 aromatic rings. The number of thiazole rings is 1. The number of benzene rings is 2. The Hall–Kier alpha value is -3.37. The fourth-order valence-electron chi connectivity index (χ4n) is 3.73. The standard InChI is InChI=1S/C23H22F2N4O3S/c24-16-3-6-19(18(25)11-16)28-23(32)27-17-4-1-14(2-5-17)20-12-26-22(33-20)15-7-9-29(10-8-15)13-21(30)31/h1-6,11-12,15H,7-10,13H2,(H,30,31)(H2,27,28,32). The lowest BCUT2D eigenvalue weighted by molar-refractivity contribution is -0.138. The smallest absolute Gasteiger partial charge is 0.323 e. The first-order chi connectivity index (χ1) is 15.9. The van der Waals surface area contributed by atoms with E-state index in [1.807, 2.05) is 23.2 Å². The number of hydrogen-bond acceptors (Lipinski definition) is 5. The van der Waals surface area contributed by atoms with Crippen molar-refractivity contribution in [3.05, 3.63) is 65.3 Å². The second-order valence-electron chi connectivity index (χ2n) is 7.79. The first-order valence-corrected chi connectivity index (χ1v) is 11.2. The maximum Gasteiger partial charge on any atom is 0.323 e. The summed E-state index contributed by atoms with van der Waals surface area (Å²) in [5, 5.41) is 14.9. The first-order valence-electron chi connectivity index (χ1n) is 10.4. The Balaban J connectivity index is 1.33. The molecule has 0 radical (unpaired) electrons. The van der Waals surface area contributed by atoms with E-state index < -0.39 is 23.6 Å². The molecule has 2 heterocycles. The molecule has 4 rings (SSSR count). The molecule has 1 saturated heterocycles. The van der Waals surface area contributed by atoms with Crippen molar-refractivity contribution in [3.63, 3.8) is 0 Å². The Morgan fingerprint density at radius 2 is 1.82 bits per heavy atom. The summed E-state index contributed by atoms with van der Waals surface area (Å²) in [5.74, 6) is -2.05. The van der Waals surface area contributed by atoms with Crippen LogP contribution in [0.25, 0.3) is 10.4 Å². The monoisotopic (exact) mass is 472 g/mol. The van der Waals surface area contributed by atoms with Gasteiger partial charge in [-0.05, 0) is 55.8 Å². The largest absolute Gasteiger partial charge is 0.480 e. The van der Waals surface area contributed by atoms with Gasteiger partial charge in [-0.15, -0.1) is 11.3 Å². The Bertz CT molecular complexity index is 1140. The van der Waals surface area contributed by atoms with Gasteiger partial charge in [-0.25, -0.2) is 18.6 Å². The normalized spacial score (nSPS) is 14.7. The quantitative estimate of drug-likeness (QED) is 0.470. The molecule has 0 aliphatic carbocycles. The number of carbonyl (C=O) groups excluding carboxylic acids is 1. The lowest BCUT2D eigenvalue weighted by Gasteiger charge is -2.29. The number of nitrogens with one attached hydrogen (secondary N) is 2. The van der Waals surface area contributed by atoms with Gasteiger partial charge in [0.05, 0.1) is 22.1 Å². The van der Waals surface area contributed by atoms with E-state index in [9.17, 15) is 18.4 Å². The van der Waals surface area contributed by atoms with Crippen molar-refractivity contribution in [1.29, 1.82) is 0 Å². The summed E-state index contributed by atoms with van der Waals surface area (Å²) < 4.78 is 26.7. The predicted octanol–water partition coefficient (Wildman–Crippen LogP) is 5.00. The molecule has 0 saturated carbocycles. The number of carboxylic acid groups (broad SMARTS) is 1. The van der Waals surface area contributed by atoms with Crippen molar-refractivity contribution < 1.29 is 23.5 Å². The van der Waals surface area contributed by atoms with E-state index >= 15 is 0 Å². The van der Waals surface area contributed by atoms with Crippen LogP contribution in [0.3, 0.4) is 0 Å². The lowest BCUT2D eigenvalue weighted by atomic mass is 9.98. The Morgan fingerprint density at radius 3 is 2.48 bits per heavy atom. The third kappa shape index (κ3) is 5.91. The summed E-state index contributed by atoms with van der Waals surface area (Å²) in [7, 11) is 0. The zero-order valence-electron chi connectivity index (χ0n) is 17.6. The van der Waals surface area contributed by atoms with Crippen molar-refractivity contribution in [2.75, 3.05) is 30.3 Å². The molecule has 1 aliphatic heterocycles. The summed E-state index contributed by atoms with van der Waals surface area (Å²) in [5.41, 5.74) is 1.36. The molecular formula is C23H22F2N4O3S. The number of carboxylic acids is 1. The van der Waals surface area contributed by atoms with Gasteiger partial charge in [-0.3, -0.25) is 9.69 Å². The number of rotatable bonds is 6. The van der Waals surface area contributed by atoms with Gasteiger partial charge in [-0.1, -0.05) is 12.1 Å². The van der Waals surface area contributed by atoms with Gasteiger partial charge in [-0.2, -0.15) is 0 Å². The highest BCUT2D eigenvalue weighted by Gasteiger charge is 2.24. The fourth-order valence-corrected chi connectivity index (χ4v) is 4.82. The van der Waals surface area contributed by atoms with Crippen LogP contribution >= 0.6 is 11.3 Å². The minimum Gasteiger partial charge on any atom is -0.480 e. The minimum absolute atomic E-state index is 0.0765. The van der Waals surface area contributed by atoms with Crippen LogP contribution in [0.1, 0.15) is 23.8 Å². The van der Waals surface area contributed by atoms with Crippen molar-refractivity contribution in [2.45, 2.75) is 18.8 Å². The van der Waals surface area contributed by atoms with Gasteiger partial charge in [0.2, 0.25) is 0 Å². The molecule has 0 atom stereocenters. The highest BCUT2D eigenvalue weighted by atomic mass is 32.1. The van der Waals surface area contributed by atoms with Crippen LogP contribution in [0.4, 0.5) is 25.0 Å². The Kier molecular flexibility index (Phi) is 6.95. The summed E-state index contributed by atoms with van der Waals surface area (Å²) in [6.45, 7) is 1.57. The van der Waals surface area contributed by atoms with Gasteiger partial charge in [0.1, 0.15) is 11.6 Å². The number of nitrogens with zero attached hydrogens (tertiary/aromatic N) is 2. The van der Waals surface area contributed by atoms with E-state index in [4.69, 9.17) is 5.11 Å². The van der Waals surface area contributed by atoms with E-state index in [1.54, 1.807) is 23.5 Å². The Morgan fingerprint density at radius 1 is 1.09 bits per heavy atom. The lowest BCUT2D eigenvalue weighted by Crippen LogP contribution is -2.36. The highest BCUT2D eigenvalue weighted by Crippen LogP contribution is 2.35. The zero-order chi connectivity index (χ0) is 23.4. The van der Waals surface area contributed by atoms with E-state index in [2.05, 4.69) is 15.6 Å². The number of halogens is 2. The van der Waals surface area contributed by atoms with Gasteiger partial charge in [0.25, 0.3) is 0 Å². The van der Waals surface area contributed by atoms with E-state index in [0.29, 0.717) is 17.7 Å². The molecular weight excluding hydrogens is 450 g/mol. The number of aliphatic carboxylic acids is 1. The molecule has 1 fully saturated rings. The summed E-state index contributed by atoms with van der Waals surface area (Å²) in [6.07, 6.45) is 3.59. The molecule has 0 unspecified atom stereocenters. The number of hydrogen-bond donors (Lipinski definition) is 3. The number of aromatic nitrogens is 1. The van der Waals surface area contributed by atoms with Crippen LogP contribution in [-0.4, -0.2) is 46.6 Å². The SMILES string of the molecule is O=C(O)CN1CCC(c2ncc(-c3ccc(NC(=O)Nc4ccc(F)cc4F)cc3)s2)CC1. The van der Waals surface area contributed by atoms with E-state index in [1.165, 1.54) is 0 Å². The number of piperidine rings is 1. The maximum absolute atomic E-state index is 13.7. The van der Waals surface area contributed by atoms with Crippen LogP contribution in [0.5, 0.6) is 0 Å². The van der Waals surface area contributed by atoms with Gasteiger partial charge in [0, 0.05) is 23.9 Å². The second-order valence-corrected chi connectivity index (χ2v) is 8.85. The second kappa shape index (κ2) is 10.1. The zero-order valence-corrected chi connectivity index (χ0v) is 18.4. The van der Waals surface area contributed by atoms with Gasteiger partial charge < -0.3 is 15.7 Å². The van der Waals surface area contributed by atoms with Crippen molar-refractivity contribution in [1.82, 2.24) is 9.88 Å². The average molecular weight is 473 g/mol. The highest BCUT2D eigenvalue weighted by molar-refractivity contribution is 7.15. The number of amides is 2. The Labute approximate surface area is 193 Å². The average Bonchev–Trinajstić information content (AvgIpc) is 3.27. The molecule has 2 amide bonds. The topological polar surface area (TPSA) is 94.6 Å². The number of carbonyl (C=O) groups is 2. The van der Waals surface area contributed by atoms with Crippen molar-refractivity contribution in [3.8, 4) is 10.4 Å². The minimum atomic E-state index is -0.853. The third-order valence-electron chi connectivity index (χ3n) is 5.43.